The van der Waals surface area contributed by atoms with Crippen LogP contribution in [0, 0.1) is 20.8 Å². The molecule has 1 aromatic rings. The Hall–Kier alpha value is -1.35. The van der Waals surface area contributed by atoms with E-state index in [1.54, 1.807) is 14.0 Å². The summed E-state index contributed by atoms with van der Waals surface area (Å²) in [5, 5.41) is 0. The maximum atomic E-state index is 12.0. The van der Waals surface area contributed by atoms with Gasteiger partial charge in [-0.3, -0.25) is 4.79 Å². The number of carbonyl (C=O) groups is 1. The Labute approximate surface area is 96.6 Å². The van der Waals surface area contributed by atoms with Gasteiger partial charge in [0.05, 0.1) is 13.2 Å². The van der Waals surface area contributed by atoms with Crippen LogP contribution in [0.4, 0.5) is 0 Å². The van der Waals surface area contributed by atoms with E-state index < -0.39 is 6.04 Å². The largest absolute Gasteiger partial charge is 0.496 e. The molecule has 3 nitrogen and oxygen atoms in total. The van der Waals surface area contributed by atoms with Crippen molar-refractivity contribution < 1.29 is 9.53 Å². The van der Waals surface area contributed by atoms with Crippen molar-refractivity contribution in [3.05, 3.63) is 28.3 Å². The SMILES string of the molecule is COc1cc(C)c(C(=O)C(C)N)c(C)c1C. The summed E-state index contributed by atoms with van der Waals surface area (Å²) in [4.78, 5) is 12.0. The molecule has 0 aliphatic carbocycles. The standard InChI is InChI=1S/C13H19NO2/c1-7-6-11(16-5)8(2)9(3)12(7)13(15)10(4)14/h6,10H,14H2,1-5H3. The van der Waals surface area contributed by atoms with Crippen LogP contribution >= 0.6 is 0 Å². The van der Waals surface area contributed by atoms with E-state index in [0.29, 0.717) is 0 Å². The van der Waals surface area contributed by atoms with E-state index >= 15 is 0 Å². The van der Waals surface area contributed by atoms with Gasteiger partial charge in [-0.05, 0) is 50.5 Å². The van der Waals surface area contributed by atoms with E-state index in [-0.39, 0.29) is 5.78 Å². The number of ketones is 1. The number of methoxy groups -OCH3 is 1. The molecule has 0 aliphatic heterocycles. The predicted octanol–water partition coefficient (Wildman–Crippen LogP) is 2.15. The highest BCUT2D eigenvalue weighted by atomic mass is 16.5. The van der Waals surface area contributed by atoms with E-state index in [0.717, 1.165) is 28.0 Å². The van der Waals surface area contributed by atoms with Crippen LogP contribution in [0.3, 0.4) is 0 Å². The molecular formula is C13H19NO2. The van der Waals surface area contributed by atoms with Gasteiger partial charge >= 0.3 is 0 Å². The molecule has 1 atom stereocenters. The third-order valence-corrected chi connectivity index (χ3v) is 2.93. The first kappa shape index (κ1) is 12.7. The molecule has 0 heterocycles. The van der Waals surface area contributed by atoms with Crippen LogP contribution in [0.15, 0.2) is 6.07 Å². The van der Waals surface area contributed by atoms with Crippen LogP contribution in [0.2, 0.25) is 0 Å². The second-order valence-corrected chi connectivity index (χ2v) is 4.17. The quantitative estimate of drug-likeness (QED) is 0.796. The first-order valence-electron chi connectivity index (χ1n) is 5.34. The van der Waals surface area contributed by atoms with E-state index in [1.165, 1.54) is 0 Å². The zero-order valence-corrected chi connectivity index (χ0v) is 10.5. The summed E-state index contributed by atoms with van der Waals surface area (Å²) in [5.41, 5.74) is 9.25. The molecule has 3 heteroatoms. The van der Waals surface area contributed by atoms with Crippen molar-refractivity contribution in [3.8, 4) is 5.75 Å². The molecule has 0 fully saturated rings. The lowest BCUT2D eigenvalue weighted by molar-refractivity contribution is 0.0966. The number of benzene rings is 1. The van der Waals surface area contributed by atoms with Crippen LogP contribution in [0.5, 0.6) is 5.75 Å². The number of hydrogen-bond donors (Lipinski definition) is 1. The van der Waals surface area contributed by atoms with Crippen molar-refractivity contribution in [3.63, 3.8) is 0 Å². The van der Waals surface area contributed by atoms with Crippen LogP contribution in [0.1, 0.15) is 34.0 Å². The van der Waals surface area contributed by atoms with Crippen molar-refractivity contribution in [2.24, 2.45) is 5.73 Å². The van der Waals surface area contributed by atoms with Gasteiger partial charge < -0.3 is 10.5 Å². The second-order valence-electron chi connectivity index (χ2n) is 4.17. The zero-order valence-electron chi connectivity index (χ0n) is 10.5. The summed E-state index contributed by atoms with van der Waals surface area (Å²) in [6.45, 7) is 7.50. The van der Waals surface area contributed by atoms with Gasteiger partial charge in [-0.1, -0.05) is 0 Å². The highest BCUT2D eigenvalue weighted by Gasteiger charge is 2.19. The van der Waals surface area contributed by atoms with Crippen LogP contribution in [-0.2, 0) is 0 Å². The van der Waals surface area contributed by atoms with Crippen LogP contribution in [0.25, 0.3) is 0 Å². The molecule has 1 aromatic carbocycles. The molecule has 1 unspecified atom stereocenters. The molecule has 0 amide bonds. The fraction of sp³-hybridized carbons (Fsp3) is 0.462. The highest BCUT2D eigenvalue weighted by molar-refractivity contribution is 6.02. The minimum absolute atomic E-state index is 0.0132. The lowest BCUT2D eigenvalue weighted by Gasteiger charge is -2.16. The number of Topliss-reactive ketones (excluding diaryl/α,β-unsaturated/α-hetero) is 1. The summed E-state index contributed by atoms with van der Waals surface area (Å²) in [5.74, 6) is 0.803. The Balaban J connectivity index is 3.42. The maximum Gasteiger partial charge on any atom is 0.179 e. The normalized spacial score (nSPS) is 12.4. The molecule has 0 aliphatic rings. The molecule has 0 spiro atoms. The Bertz CT molecular complexity index is 422. The molecule has 1 rings (SSSR count). The van der Waals surface area contributed by atoms with E-state index in [1.807, 2.05) is 26.8 Å². The van der Waals surface area contributed by atoms with Gasteiger partial charge in [0.15, 0.2) is 5.78 Å². The lowest BCUT2D eigenvalue weighted by Crippen LogP contribution is -2.28. The zero-order chi connectivity index (χ0) is 12.5. The minimum atomic E-state index is -0.467. The van der Waals surface area contributed by atoms with Gasteiger partial charge in [0.25, 0.3) is 0 Å². The number of nitrogens with two attached hydrogens (primary N) is 1. The van der Waals surface area contributed by atoms with Crippen molar-refractivity contribution in [2.45, 2.75) is 33.7 Å². The second kappa shape index (κ2) is 4.66. The third kappa shape index (κ3) is 2.09. The van der Waals surface area contributed by atoms with Crippen molar-refractivity contribution >= 4 is 5.78 Å². The molecular weight excluding hydrogens is 202 g/mol. The topological polar surface area (TPSA) is 52.3 Å². The minimum Gasteiger partial charge on any atom is -0.496 e. The smallest absolute Gasteiger partial charge is 0.179 e. The van der Waals surface area contributed by atoms with Gasteiger partial charge in [-0.15, -0.1) is 0 Å². The van der Waals surface area contributed by atoms with Gasteiger partial charge in [0, 0.05) is 5.56 Å². The van der Waals surface area contributed by atoms with Gasteiger partial charge in [-0.2, -0.15) is 0 Å². The third-order valence-electron chi connectivity index (χ3n) is 2.93. The summed E-state index contributed by atoms with van der Waals surface area (Å²) >= 11 is 0. The molecule has 0 saturated carbocycles. The number of ether oxygens (including phenoxy) is 1. The Kier molecular flexibility index (Phi) is 3.70. The summed E-state index contributed by atoms with van der Waals surface area (Å²) in [6.07, 6.45) is 0. The number of rotatable bonds is 3. The molecule has 0 saturated heterocycles. The van der Waals surface area contributed by atoms with Crippen molar-refractivity contribution in [1.82, 2.24) is 0 Å². The Morgan fingerprint density at radius 2 is 1.88 bits per heavy atom. The fourth-order valence-electron chi connectivity index (χ4n) is 1.86. The van der Waals surface area contributed by atoms with Gasteiger partial charge in [0.2, 0.25) is 0 Å². The van der Waals surface area contributed by atoms with Gasteiger partial charge in [-0.25, -0.2) is 0 Å². The molecule has 0 radical (unpaired) electrons. The maximum absolute atomic E-state index is 12.0. The van der Waals surface area contributed by atoms with Crippen molar-refractivity contribution in [1.29, 1.82) is 0 Å². The van der Waals surface area contributed by atoms with E-state index in [4.69, 9.17) is 10.5 Å². The fourth-order valence-corrected chi connectivity index (χ4v) is 1.86. The molecule has 88 valence electrons. The average Bonchev–Trinajstić information content (AvgIpc) is 2.23. The van der Waals surface area contributed by atoms with Crippen LogP contribution < -0.4 is 10.5 Å². The van der Waals surface area contributed by atoms with Crippen LogP contribution in [-0.4, -0.2) is 18.9 Å². The first-order chi connectivity index (χ1) is 7.40. The van der Waals surface area contributed by atoms with E-state index in [2.05, 4.69) is 0 Å². The number of hydrogen-bond acceptors (Lipinski definition) is 3. The highest BCUT2D eigenvalue weighted by Crippen LogP contribution is 2.28. The average molecular weight is 221 g/mol. The Morgan fingerprint density at radius 3 is 2.31 bits per heavy atom. The molecule has 16 heavy (non-hydrogen) atoms. The summed E-state index contributed by atoms with van der Waals surface area (Å²) in [7, 11) is 1.63. The van der Waals surface area contributed by atoms with E-state index in [9.17, 15) is 4.79 Å². The Morgan fingerprint density at radius 1 is 1.31 bits per heavy atom. The number of aryl methyl sites for hydroxylation is 1. The van der Waals surface area contributed by atoms with Crippen molar-refractivity contribution in [2.75, 3.05) is 7.11 Å². The lowest BCUT2D eigenvalue weighted by atomic mass is 9.92. The molecule has 2 N–H and O–H groups in total. The molecule has 0 bridgehead atoms. The van der Waals surface area contributed by atoms with Gasteiger partial charge in [0.1, 0.15) is 5.75 Å². The summed E-state index contributed by atoms with van der Waals surface area (Å²) < 4.78 is 5.26. The predicted molar refractivity (Wildman–Crippen MR) is 65.2 cm³/mol. The monoisotopic (exact) mass is 221 g/mol. The summed E-state index contributed by atoms with van der Waals surface area (Å²) in [6, 6.07) is 1.42. The number of carbonyl (C=O) groups excluding carboxylic acids is 1. The first-order valence-corrected chi connectivity index (χ1v) is 5.34. The molecule has 0 aromatic heterocycles.